The van der Waals surface area contributed by atoms with Crippen molar-refractivity contribution in [3.05, 3.63) is 34.1 Å². The minimum absolute atomic E-state index is 0.291. The Morgan fingerprint density at radius 2 is 2.33 bits per heavy atom. The lowest BCUT2D eigenvalue weighted by molar-refractivity contribution is -0.00549. The second-order valence-corrected chi connectivity index (χ2v) is 6.50. The summed E-state index contributed by atoms with van der Waals surface area (Å²) in [6.45, 7) is 0.471. The van der Waals surface area contributed by atoms with Gasteiger partial charge in [0.1, 0.15) is 0 Å². The van der Waals surface area contributed by atoms with Gasteiger partial charge in [0.05, 0.1) is 18.8 Å². The van der Waals surface area contributed by atoms with Crippen LogP contribution in [0.15, 0.2) is 22.0 Å². The Balaban J connectivity index is 1.41. The van der Waals surface area contributed by atoms with Crippen molar-refractivity contribution < 1.29 is 9.26 Å². The van der Waals surface area contributed by atoms with Crippen LogP contribution in [0.4, 0.5) is 0 Å². The number of nitrogens with two attached hydrogens (primary N) is 1. The van der Waals surface area contributed by atoms with E-state index in [0.717, 1.165) is 32.1 Å². The maximum absolute atomic E-state index is 6.03. The molecule has 1 aliphatic rings. The molecular weight excluding hydrogens is 286 g/mol. The smallest absolute Gasteiger partial charge is 0.226 e. The summed E-state index contributed by atoms with van der Waals surface area (Å²) < 4.78 is 10.9. The summed E-state index contributed by atoms with van der Waals surface area (Å²) in [6, 6.07) is 3.93. The first kappa shape index (κ1) is 14.7. The van der Waals surface area contributed by atoms with Crippen LogP contribution in [0, 0.1) is 0 Å². The SMILES string of the molecule is NC(COC1CCC1)c1noc(CCCc2cccs2)n1. The molecule has 2 heterocycles. The molecule has 1 saturated carbocycles. The molecule has 5 nitrogen and oxygen atoms in total. The molecule has 0 spiro atoms. The van der Waals surface area contributed by atoms with Gasteiger partial charge in [-0.15, -0.1) is 11.3 Å². The van der Waals surface area contributed by atoms with E-state index in [1.807, 2.05) is 0 Å². The second kappa shape index (κ2) is 7.15. The molecule has 6 heteroatoms. The first-order valence-corrected chi connectivity index (χ1v) is 8.41. The molecule has 0 aliphatic heterocycles. The van der Waals surface area contributed by atoms with Crippen LogP contribution in [0.2, 0.25) is 0 Å². The Bertz CT molecular complexity index is 537. The highest BCUT2D eigenvalue weighted by Gasteiger charge is 2.21. The third-order valence-corrected chi connectivity index (χ3v) is 4.71. The van der Waals surface area contributed by atoms with Crippen molar-refractivity contribution in [3.8, 4) is 0 Å². The van der Waals surface area contributed by atoms with Crippen LogP contribution in [-0.4, -0.2) is 22.9 Å². The van der Waals surface area contributed by atoms with Gasteiger partial charge in [0.15, 0.2) is 5.82 Å². The number of nitrogens with zero attached hydrogens (tertiary/aromatic N) is 2. The molecule has 2 aromatic heterocycles. The van der Waals surface area contributed by atoms with Crippen LogP contribution in [0.25, 0.3) is 0 Å². The normalized spacial score (nSPS) is 16.8. The fourth-order valence-electron chi connectivity index (χ4n) is 2.24. The van der Waals surface area contributed by atoms with Crippen LogP contribution < -0.4 is 5.73 Å². The Kier molecular flexibility index (Phi) is 5.00. The zero-order chi connectivity index (χ0) is 14.5. The fourth-order valence-corrected chi connectivity index (χ4v) is 2.99. The van der Waals surface area contributed by atoms with E-state index in [2.05, 4.69) is 27.7 Å². The second-order valence-electron chi connectivity index (χ2n) is 5.47. The summed E-state index contributed by atoms with van der Waals surface area (Å²) >= 11 is 1.78. The number of ether oxygens (including phenoxy) is 1. The largest absolute Gasteiger partial charge is 0.376 e. The van der Waals surface area contributed by atoms with E-state index >= 15 is 0 Å². The molecular formula is C15H21N3O2S. The maximum atomic E-state index is 6.03. The molecule has 1 aliphatic carbocycles. The van der Waals surface area contributed by atoms with Crippen molar-refractivity contribution in [1.82, 2.24) is 10.1 Å². The summed E-state index contributed by atoms with van der Waals surface area (Å²) in [4.78, 5) is 5.76. The zero-order valence-electron chi connectivity index (χ0n) is 12.0. The van der Waals surface area contributed by atoms with Crippen molar-refractivity contribution in [2.24, 2.45) is 5.73 Å². The molecule has 3 rings (SSSR count). The van der Waals surface area contributed by atoms with Gasteiger partial charge >= 0.3 is 0 Å². The van der Waals surface area contributed by atoms with Gasteiger partial charge in [0.25, 0.3) is 0 Å². The Morgan fingerprint density at radius 1 is 1.43 bits per heavy atom. The fraction of sp³-hybridized carbons (Fsp3) is 0.600. The molecule has 0 bridgehead atoms. The van der Waals surface area contributed by atoms with Crippen molar-refractivity contribution in [1.29, 1.82) is 0 Å². The molecule has 21 heavy (non-hydrogen) atoms. The number of aryl methyl sites for hydroxylation is 2. The van der Waals surface area contributed by atoms with Crippen LogP contribution in [0.1, 0.15) is 48.3 Å². The highest BCUT2D eigenvalue weighted by molar-refractivity contribution is 7.09. The minimum Gasteiger partial charge on any atom is -0.376 e. The summed E-state index contributed by atoms with van der Waals surface area (Å²) in [5, 5.41) is 6.06. The zero-order valence-corrected chi connectivity index (χ0v) is 12.8. The van der Waals surface area contributed by atoms with Crippen molar-refractivity contribution in [2.75, 3.05) is 6.61 Å². The molecule has 0 saturated heterocycles. The van der Waals surface area contributed by atoms with Crippen LogP contribution >= 0.6 is 11.3 Å². The van der Waals surface area contributed by atoms with Gasteiger partial charge in [0, 0.05) is 11.3 Å². The molecule has 0 amide bonds. The first-order chi connectivity index (χ1) is 10.3. The van der Waals surface area contributed by atoms with Crippen molar-refractivity contribution in [3.63, 3.8) is 0 Å². The quantitative estimate of drug-likeness (QED) is 0.811. The average molecular weight is 307 g/mol. The number of aromatic nitrogens is 2. The molecule has 1 unspecified atom stereocenters. The Labute approximate surface area is 128 Å². The Hall–Kier alpha value is -1.24. The van der Waals surface area contributed by atoms with E-state index < -0.39 is 0 Å². The molecule has 2 N–H and O–H groups in total. The molecule has 2 aromatic rings. The van der Waals surface area contributed by atoms with Gasteiger partial charge in [-0.25, -0.2) is 0 Å². The number of rotatable bonds is 8. The lowest BCUT2D eigenvalue weighted by Crippen LogP contribution is -2.27. The van der Waals surface area contributed by atoms with E-state index in [0.29, 0.717) is 24.4 Å². The summed E-state index contributed by atoms with van der Waals surface area (Å²) in [7, 11) is 0. The van der Waals surface area contributed by atoms with E-state index in [-0.39, 0.29) is 6.04 Å². The van der Waals surface area contributed by atoms with Gasteiger partial charge in [-0.2, -0.15) is 4.98 Å². The number of hydrogen-bond donors (Lipinski definition) is 1. The van der Waals surface area contributed by atoms with Gasteiger partial charge in [-0.3, -0.25) is 0 Å². The number of hydrogen-bond acceptors (Lipinski definition) is 6. The number of thiophene rings is 1. The van der Waals surface area contributed by atoms with Crippen LogP contribution in [-0.2, 0) is 17.6 Å². The van der Waals surface area contributed by atoms with E-state index in [1.54, 1.807) is 11.3 Å². The molecule has 1 fully saturated rings. The van der Waals surface area contributed by atoms with Crippen molar-refractivity contribution in [2.45, 2.75) is 50.7 Å². The third kappa shape index (κ3) is 4.12. The van der Waals surface area contributed by atoms with E-state index in [4.69, 9.17) is 15.0 Å². The van der Waals surface area contributed by atoms with Crippen LogP contribution in [0.3, 0.4) is 0 Å². The highest BCUT2D eigenvalue weighted by atomic mass is 32.1. The highest BCUT2D eigenvalue weighted by Crippen LogP contribution is 2.23. The summed E-state index contributed by atoms with van der Waals surface area (Å²) in [6.07, 6.45) is 6.79. The standard InChI is InChI=1S/C15H21N3O2S/c16-13(10-19-11-4-1-5-11)15-17-14(20-18-15)8-2-6-12-7-3-9-21-12/h3,7,9,11,13H,1-2,4-6,8,10,16H2. The first-order valence-electron chi connectivity index (χ1n) is 7.53. The monoisotopic (exact) mass is 307 g/mol. The summed E-state index contributed by atoms with van der Waals surface area (Å²) in [5.74, 6) is 1.22. The molecule has 114 valence electrons. The van der Waals surface area contributed by atoms with Gasteiger partial charge in [-0.1, -0.05) is 11.2 Å². The maximum Gasteiger partial charge on any atom is 0.226 e. The molecule has 0 radical (unpaired) electrons. The topological polar surface area (TPSA) is 74.2 Å². The third-order valence-electron chi connectivity index (χ3n) is 3.77. The predicted octanol–water partition coefficient (Wildman–Crippen LogP) is 2.88. The van der Waals surface area contributed by atoms with Gasteiger partial charge in [-0.05, 0) is 43.6 Å². The van der Waals surface area contributed by atoms with Crippen LogP contribution in [0.5, 0.6) is 0 Å². The lowest BCUT2D eigenvalue weighted by atomic mass is 9.96. The molecule has 0 aromatic carbocycles. The summed E-state index contributed by atoms with van der Waals surface area (Å²) in [5.41, 5.74) is 6.03. The molecule has 1 atom stereocenters. The van der Waals surface area contributed by atoms with Gasteiger partial charge < -0.3 is 15.0 Å². The van der Waals surface area contributed by atoms with Gasteiger partial charge in [0.2, 0.25) is 5.89 Å². The van der Waals surface area contributed by atoms with E-state index in [9.17, 15) is 0 Å². The average Bonchev–Trinajstić information content (AvgIpc) is 3.08. The van der Waals surface area contributed by atoms with E-state index in [1.165, 1.54) is 11.3 Å². The lowest BCUT2D eigenvalue weighted by Gasteiger charge is -2.26. The minimum atomic E-state index is -0.291. The Morgan fingerprint density at radius 3 is 3.05 bits per heavy atom. The predicted molar refractivity (Wildman–Crippen MR) is 81.2 cm³/mol. The van der Waals surface area contributed by atoms with Crippen molar-refractivity contribution >= 4 is 11.3 Å².